The van der Waals surface area contributed by atoms with Crippen LogP contribution >= 0.6 is 0 Å². The second-order valence-electron chi connectivity index (χ2n) is 5.03. The summed E-state index contributed by atoms with van der Waals surface area (Å²) in [6.45, 7) is -0.342. The van der Waals surface area contributed by atoms with E-state index in [0.717, 1.165) is 12.1 Å². The van der Waals surface area contributed by atoms with Crippen LogP contribution in [0.25, 0.3) is 0 Å². The number of rotatable bonds is 6. The van der Waals surface area contributed by atoms with Crippen molar-refractivity contribution in [1.82, 2.24) is 4.90 Å². The Labute approximate surface area is 136 Å². The summed E-state index contributed by atoms with van der Waals surface area (Å²) in [4.78, 5) is 23.2. The van der Waals surface area contributed by atoms with E-state index in [9.17, 15) is 23.7 Å². The number of likely N-dealkylation sites (N-methyl/N-ethyl adjacent to an activating group) is 1. The van der Waals surface area contributed by atoms with Gasteiger partial charge in [0.25, 0.3) is 11.6 Å². The van der Waals surface area contributed by atoms with Crippen molar-refractivity contribution in [3.8, 4) is 5.75 Å². The van der Waals surface area contributed by atoms with Gasteiger partial charge in [0.2, 0.25) is 0 Å². The van der Waals surface area contributed by atoms with Crippen molar-refractivity contribution in [2.45, 2.75) is 6.54 Å². The largest absolute Gasteiger partial charge is 0.484 e. The van der Waals surface area contributed by atoms with Crippen molar-refractivity contribution >= 4 is 11.6 Å². The number of halogens is 2. The lowest BCUT2D eigenvalue weighted by Crippen LogP contribution is -2.31. The van der Waals surface area contributed by atoms with E-state index in [4.69, 9.17) is 4.74 Å². The topological polar surface area (TPSA) is 72.7 Å². The highest BCUT2D eigenvalue weighted by Crippen LogP contribution is 2.17. The molecule has 0 unspecified atom stereocenters. The fraction of sp³-hybridized carbons (Fsp3) is 0.188. The van der Waals surface area contributed by atoms with Crippen molar-refractivity contribution in [2.24, 2.45) is 0 Å². The SMILES string of the molecule is CN(Cc1ccc(F)cc1F)C(=O)COc1ccc([N+](=O)[O-])cc1. The summed E-state index contributed by atoms with van der Waals surface area (Å²) < 4.78 is 31.7. The van der Waals surface area contributed by atoms with Gasteiger partial charge in [-0.1, -0.05) is 6.07 Å². The van der Waals surface area contributed by atoms with Crippen LogP contribution in [0.1, 0.15) is 5.56 Å². The fourth-order valence-electron chi connectivity index (χ4n) is 1.91. The molecule has 0 aromatic heterocycles. The van der Waals surface area contributed by atoms with Crippen LogP contribution < -0.4 is 4.74 Å². The molecule has 24 heavy (non-hydrogen) atoms. The predicted molar refractivity (Wildman–Crippen MR) is 81.4 cm³/mol. The van der Waals surface area contributed by atoms with Gasteiger partial charge in [0, 0.05) is 37.4 Å². The van der Waals surface area contributed by atoms with E-state index < -0.39 is 22.5 Å². The highest BCUT2D eigenvalue weighted by atomic mass is 19.1. The third kappa shape index (κ3) is 4.48. The first-order valence-electron chi connectivity index (χ1n) is 6.92. The minimum atomic E-state index is -0.731. The number of carbonyl (C=O) groups excluding carboxylic acids is 1. The normalized spacial score (nSPS) is 10.3. The maximum Gasteiger partial charge on any atom is 0.269 e. The van der Waals surface area contributed by atoms with Crippen LogP contribution in [-0.2, 0) is 11.3 Å². The van der Waals surface area contributed by atoms with Gasteiger partial charge >= 0.3 is 0 Å². The Morgan fingerprint density at radius 1 is 1.21 bits per heavy atom. The first kappa shape index (κ1) is 17.3. The quantitative estimate of drug-likeness (QED) is 0.600. The van der Waals surface area contributed by atoms with Gasteiger partial charge in [-0.15, -0.1) is 0 Å². The number of non-ortho nitro benzene ring substituents is 1. The van der Waals surface area contributed by atoms with Crippen molar-refractivity contribution < 1.29 is 23.2 Å². The van der Waals surface area contributed by atoms with Gasteiger partial charge in [0.1, 0.15) is 17.4 Å². The highest BCUT2D eigenvalue weighted by molar-refractivity contribution is 5.77. The second kappa shape index (κ2) is 7.49. The van der Waals surface area contributed by atoms with E-state index in [1.807, 2.05) is 0 Å². The number of nitrogens with zero attached hydrogens (tertiary/aromatic N) is 2. The number of ether oxygens (including phenoxy) is 1. The Balaban J connectivity index is 1.90. The van der Waals surface area contributed by atoms with Crippen LogP contribution in [0.4, 0.5) is 14.5 Å². The van der Waals surface area contributed by atoms with E-state index in [2.05, 4.69) is 0 Å². The molecule has 2 aromatic carbocycles. The van der Waals surface area contributed by atoms with Crippen LogP contribution in [0.2, 0.25) is 0 Å². The highest BCUT2D eigenvalue weighted by Gasteiger charge is 2.13. The number of benzene rings is 2. The molecule has 0 aliphatic carbocycles. The smallest absolute Gasteiger partial charge is 0.269 e. The lowest BCUT2D eigenvalue weighted by molar-refractivity contribution is -0.384. The molecule has 126 valence electrons. The van der Waals surface area contributed by atoms with Crippen molar-refractivity contribution in [3.63, 3.8) is 0 Å². The average Bonchev–Trinajstić information content (AvgIpc) is 2.55. The molecule has 0 spiro atoms. The Morgan fingerprint density at radius 3 is 2.46 bits per heavy atom. The number of nitro groups is 1. The number of carbonyl (C=O) groups is 1. The van der Waals surface area contributed by atoms with Gasteiger partial charge in [0.15, 0.2) is 6.61 Å². The monoisotopic (exact) mass is 336 g/mol. The third-order valence-corrected chi connectivity index (χ3v) is 3.26. The molecule has 0 aliphatic heterocycles. The molecule has 0 saturated carbocycles. The van der Waals surface area contributed by atoms with Crippen molar-refractivity contribution in [1.29, 1.82) is 0 Å². The van der Waals surface area contributed by atoms with Gasteiger partial charge < -0.3 is 9.64 Å². The second-order valence-corrected chi connectivity index (χ2v) is 5.03. The molecule has 0 radical (unpaired) electrons. The molecule has 0 heterocycles. The first-order chi connectivity index (χ1) is 11.4. The summed E-state index contributed by atoms with van der Waals surface area (Å²) in [7, 11) is 1.46. The van der Waals surface area contributed by atoms with Crippen LogP contribution in [0.15, 0.2) is 42.5 Å². The number of nitro benzene ring substituents is 1. The molecule has 8 heteroatoms. The summed E-state index contributed by atoms with van der Waals surface area (Å²) in [5.74, 6) is -1.54. The molecule has 0 atom stereocenters. The predicted octanol–water partition coefficient (Wildman–Crippen LogP) is 2.91. The van der Waals surface area contributed by atoms with Crippen LogP contribution in [0.5, 0.6) is 5.75 Å². The minimum absolute atomic E-state index is 0.0332. The molecule has 0 bridgehead atoms. The molecule has 0 fully saturated rings. The third-order valence-electron chi connectivity index (χ3n) is 3.26. The number of hydrogen-bond donors (Lipinski definition) is 0. The van der Waals surface area contributed by atoms with Gasteiger partial charge in [-0.25, -0.2) is 8.78 Å². The lowest BCUT2D eigenvalue weighted by Gasteiger charge is -2.18. The van der Waals surface area contributed by atoms with Crippen LogP contribution in [0.3, 0.4) is 0 Å². The lowest BCUT2D eigenvalue weighted by atomic mass is 10.2. The van der Waals surface area contributed by atoms with E-state index in [0.29, 0.717) is 5.75 Å². The summed E-state index contributed by atoms with van der Waals surface area (Å²) in [5, 5.41) is 10.5. The average molecular weight is 336 g/mol. The standard InChI is InChI=1S/C16H14F2N2O4/c1-19(9-11-2-3-12(17)8-15(11)18)16(21)10-24-14-6-4-13(5-7-14)20(22)23/h2-8H,9-10H2,1H3. The zero-order valence-electron chi connectivity index (χ0n) is 12.7. The maximum absolute atomic E-state index is 13.6. The van der Waals surface area contributed by atoms with Gasteiger partial charge in [0.05, 0.1) is 4.92 Å². The number of hydrogen-bond acceptors (Lipinski definition) is 4. The van der Waals surface area contributed by atoms with E-state index in [1.54, 1.807) is 0 Å². The Bertz CT molecular complexity index is 750. The molecule has 6 nitrogen and oxygen atoms in total. The van der Waals surface area contributed by atoms with Gasteiger partial charge in [-0.3, -0.25) is 14.9 Å². The molecule has 2 rings (SSSR count). The number of amides is 1. The Morgan fingerprint density at radius 2 is 1.88 bits per heavy atom. The zero-order valence-corrected chi connectivity index (χ0v) is 12.7. The van der Waals surface area contributed by atoms with Gasteiger partial charge in [-0.2, -0.15) is 0 Å². The summed E-state index contributed by atoms with van der Waals surface area (Å²) in [5.41, 5.74) is 0.0974. The molecule has 0 saturated heterocycles. The molecule has 1 amide bonds. The van der Waals surface area contributed by atoms with Crippen LogP contribution in [-0.4, -0.2) is 29.4 Å². The summed E-state index contributed by atoms with van der Waals surface area (Å²) >= 11 is 0. The molecule has 0 N–H and O–H groups in total. The van der Waals surface area contributed by atoms with E-state index >= 15 is 0 Å². The molecular weight excluding hydrogens is 322 g/mol. The van der Waals surface area contributed by atoms with E-state index in [-0.39, 0.29) is 24.4 Å². The summed E-state index contributed by atoms with van der Waals surface area (Å²) in [6.07, 6.45) is 0. The fourth-order valence-corrected chi connectivity index (χ4v) is 1.91. The van der Waals surface area contributed by atoms with Crippen LogP contribution in [0, 0.1) is 21.7 Å². The van der Waals surface area contributed by atoms with Crippen molar-refractivity contribution in [2.75, 3.05) is 13.7 Å². The summed E-state index contributed by atoms with van der Waals surface area (Å²) in [6, 6.07) is 8.42. The molecule has 0 aliphatic rings. The maximum atomic E-state index is 13.6. The molecule has 2 aromatic rings. The Hall–Kier alpha value is -3.03. The minimum Gasteiger partial charge on any atom is -0.484 e. The van der Waals surface area contributed by atoms with Gasteiger partial charge in [-0.05, 0) is 18.2 Å². The Kier molecular flexibility index (Phi) is 5.41. The van der Waals surface area contributed by atoms with Crippen molar-refractivity contribution in [3.05, 3.63) is 69.8 Å². The zero-order chi connectivity index (χ0) is 17.7. The van der Waals surface area contributed by atoms with E-state index in [1.165, 1.54) is 42.3 Å². The first-order valence-corrected chi connectivity index (χ1v) is 6.92. The molecular formula is C16H14F2N2O4.